The van der Waals surface area contributed by atoms with Crippen molar-refractivity contribution < 1.29 is 19.1 Å². The second-order valence-corrected chi connectivity index (χ2v) is 9.54. The Bertz CT molecular complexity index is 768. The van der Waals surface area contributed by atoms with E-state index in [-0.39, 0.29) is 35.6 Å². The molecule has 3 amide bonds. The molecule has 1 heterocycles. The van der Waals surface area contributed by atoms with Crippen LogP contribution in [-0.4, -0.2) is 54.9 Å². The highest BCUT2D eigenvalue weighted by molar-refractivity contribution is 5.97. The molecule has 0 saturated carbocycles. The van der Waals surface area contributed by atoms with Crippen molar-refractivity contribution in [1.29, 1.82) is 0 Å². The number of amides is 3. The van der Waals surface area contributed by atoms with E-state index >= 15 is 0 Å². The predicted octanol–water partition coefficient (Wildman–Crippen LogP) is 3.24. The van der Waals surface area contributed by atoms with Gasteiger partial charge in [0.2, 0.25) is 11.8 Å². The minimum absolute atomic E-state index is 0.00408. The summed E-state index contributed by atoms with van der Waals surface area (Å²) >= 11 is 0. The summed E-state index contributed by atoms with van der Waals surface area (Å²) in [7, 11) is 1.57. The lowest BCUT2D eigenvalue weighted by molar-refractivity contribution is -0.133. The summed E-state index contributed by atoms with van der Waals surface area (Å²) in [6, 6.07) is 6.18. The summed E-state index contributed by atoms with van der Waals surface area (Å²) in [5.74, 6) is 0.950. The molecule has 1 saturated heterocycles. The first-order chi connectivity index (χ1) is 15.1. The smallest absolute Gasteiger partial charge is 0.251 e. The Kier molecular flexibility index (Phi) is 9.54. The molecule has 0 spiro atoms. The molecule has 0 bridgehead atoms. The van der Waals surface area contributed by atoms with Crippen molar-refractivity contribution in [2.45, 2.75) is 66.0 Å². The Hall–Kier alpha value is -2.57. The normalized spacial score (nSPS) is 16.6. The van der Waals surface area contributed by atoms with Crippen LogP contribution in [0.5, 0.6) is 5.75 Å². The van der Waals surface area contributed by atoms with Crippen LogP contribution in [0.3, 0.4) is 0 Å². The van der Waals surface area contributed by atoms with Gasteiger partial charge in [0, 0.05) is 31.1 Å². The molecule has 1 aliphatic heterocycles. The van der Waals surface area contributed by atoms with E-state index in [1.165, 1.54) is 0 Å². The van der Waals surface area contributed by atoms with E-state index in [1.807, 2.05) is 25.7 Å². The molecule has 2 rings (SSSR count). The Balaban J connectivity index is 2.11. The van der Waals surface area contributed by atoms with Gasteiger partial charge in [-0.25, -0.2) is 0 Å². The lowest BCUT2D eigenvalue weighted by Crippen LogP contribution is -2.55. The monoisotopic (exact) mass is 445 g/mol. The number of hydrogen-bond donors (Lipinski definition) is 2. The number of rotatable bonds is 9. The van der Waals surface area contributed by atoms with Crippen LogP contribution in [0.1, 0.15) is 64.2 Å². The average Bonchev–Trinajstić information content (AvgIpc) is 2.76. The number of carbonyl (C=O) groups is 3. The molecule has 2 atom stereocenters. The number of methoxy groups -OCH3 is 1. The van der Waals surface area contributed by atoms with Crippen LogP contribution in [0.25, 0.3) is 0 Å². The van der Waals surface area contributed by atoms with Crippen molar-refractivity contribution in [3.63, 3.8) is 0 Å². The Morgan fingerprint density at radius 2 is 1.59 bits per heavy atom. The average molecular weight is 446 g/mol. The lowest BCUT2D eigenvalue weighted by Gasteiger charge is -2.36. The molecule has 0 radical (unpaired) electrons. The molecular weight excluding hydrogens is 406 g/mol. The second kappa shape index (κ2) is 11.9. The van der Waals surface area contributed by atoms with Gasteiger partial charge >= 0.3 is 0 Å². The maximum atomic E-state index is 13.2. The van der Waals surface area contributed by atoms with Crippen LogP contribution in [0, 0.1) is 17.8 Å². The molecule has 178 valence electrons. The maximum absolute atomic E-state index is 13.2. The van der Waals surface area contributed by atoms with E-state index in [4.69, 9.17) is 4.74 Å². The first-order valence-electron chi connectivity index (χ1n) is 11.6. The zero-order valence-electron chi connectivity index (χ0n) is 20.3. The van der Waals surface area contributed by atoms with Gasteiger partial charge < -0.3 is 20.3 Å². The lowest BCUT2D eigenvalue weighted by atomic mass is 9.87. The van der Waals surface area contributed by atoms with Crippen molar-refractivity contribution in [3.8, 4) is 5.75 Å². The van der Waals surface area contributed by atoms with Crippen LogP contribution in [0.4, 0.5) is 0 Å². The number of ether oxygens (including phenoxy) is 1. The molecule has 1 fully saturated rings. The van der Waals surface area contributed by atoms with Crippen molar-refractivity contribution >= 4 is 17.7 Å². The van der Waals surface area contributed by atoms with E-state index in [0.29, 0.717) is 49.6 Å². The van der Waals surface area contributed by atoms with Gasteiger partial charge in [0.1, 0.15) is 11.8 Å². The van der Waals surface area contributed by atoms with Gasteiger partial charge in [-0.15, -0.1) is 0 Å². The van der Waals surface area contributed by atoms with Gasteiger partial charge in [0.25, 0.3) is 5.91 Å². The quantitative estimate of drug-likeness (QED) is 0.611. The van der Waals surface area contributed by atoms with Crippen LogP contribution in [0.2, 0.25) is 0 Å². The van der Waals surface area contributed by atoms with E-state index in [2.05, 4.69) is 24.5 Å². The van der Waals surface area contributed by atoms with Crippen LogP contribution >= 0.6 is 0 Å². The van der Waals surface area contributed by atoms with Gasteiger partial charge in [-0.3, -0.25) is 14.4 Å². The summed E-state index contributed by atoms with van der Waals surface area (Å²) in [5.41, 5.74) is 0.477. The summed E-state index contributed by atoms with van der Waals surface area (Å²) in [4.78, 5) is 40.4. The molecule has 7 nitrogen and oxygen atoms in total. The molecule has 1 aliphatic rings. The summed E-state index contributed by atoms with van der Waals surface area (Å²) in [6.07, 6.45) is 1.90. The van der Waals surface area contributed by atoms with Crippen LogP contribution in [-0.2, 0) is 9.59 Å². The summed E-state index contributed by atoms with van der Waals surface area (Å²) in [5, 5.41) is 6.02. The summed E-state index contributed by atoms with van der Waals surface area (Å²) in [6.45, 7) is 11.4. The third kappa shape index (κ3) is 7.24. The zero-order chi connectivity index (χ0) is 23.8. The molecular formula is C25H39N3O4. The van der Waals surface area contributed by atoms with Crippen molar-refractivity contribution in [3.05, 3.63) is 29.8 Å². The number of piperidine rings is 1. The molecule has 0 aliphatic carbocycles. The molecule has 32 heavy (non-hydrogen) atoms. The van der Waals surface area contributed by atoms with Gasteiger partial charge in [-0.05, 0) is 61.8 Å². The maximum Gasteiger partial charge on any atom is 0.251 e. The van der Waals surface area contributed by atoms with Gasteiger partial charge in [0.15, 0.2) is 0 Å². The summed E-state index contributed by atoms with van der Waals surface area (Å²) < 4.78 is 5.15. The van der Waals surface area contributed by atoms with Crippen molar-refractivity contribution in [1.82, 2.24) is 15.5 Å². The third-order valence-corrected chi connectivity index (χ3v) is 6.24. The molecule has 2 N–H and O–H groups in total. The third-order valence-electron chi connectivity index (χ3n) is 6.24. The predicted molar refractivity (Wildman–Crippen MR) is 125 cm³/mol. The van der Waals surface area contributed by atoms with Crippen LogP contribution < -0.4 is 15.4 Å². The fraction of sp³-hybridized carbons (Fsp3) is 0.640. The van der Waals surface area contributed by atoms with Gasteiger partial charge in [0.05, 0.1) is 7.11 Å². The fourth-order valence-corrected chi connectivity index (χ4v) is 3.81. The number of nitrogens with one attached hydrogen (secondary N) is 2. The minimum Gasteiger partial charge on any atom is -0.497 e. The number of benzene rings is 1. The molecule has 1 aromatic carbocycles. The Morgan fingerprint density at radius 1 is 1.00 bits per heavy atom. The number of carbonyl (C=O) groups excluding carboxylic acids is 3. The van der Waals surface area contributed by atoms with Crippen LogP contribution in [0.15, 0.2) is 24.3 Å². The highest BCUT2D eigenvalue weighted by Crippen LogP contribution is 2.23. The molecule has 1 aromatic rings. The number of likely N-dealkylation sites (tertiary alicyclic amines) is 1. The standard InChI is InChI=1S/C25H39N3O4/c1-16(2)15-22(29)28-13-11-19(12-14-28)23(25(31)26-18(5)17(3)4)27-24(30)20-7-9-21(32-6)10-8-20/h7-10,16-19,23H,11-15H2,1-6H3,(H,26,31)(H,27,30)/t18-,23+/m1/s1. The van der Waals surface area contributed by atoms with Crippen molar-refractivity contribution in [2.24, 2.45) is 17.8 Å². The number of hydrogen-bond acceptors (Lipinski definition) is 4. The first-order valence-corrected chi connectivity index (χ1v) is 11.6. The zero-order valence-corrected chi connectivity index (χ0v) is 20.3. The Labute approximate surface area is 192 Å². The fourth-order valence-electron chi connectivity index (χ4n) is 3.81. The van der Waals surface area contributed by atoms with E-state index < -0.39 is 6.04 Å². The minimum atomic E-state index is -0.645. The Morgan fingerprint density at radius 3 is 2.09 bits per heavy atom. The molecule has 7 heteroatoms. The largest absolute Gasteiger partial charge is 0.497 e. The first kappa shape index (κ1) is 25.7. The second-order valence-electron chi connectivity index (χ2n) is 9.54. The van der Waals surface area contributed by atoms with Gasteiger partial charge in [-0.2, -0.15) is 0 Å². The van der Waals surface area contributed by atoms with Crippen molar-refractivity contribution in [2.75, 3.05) is 20.2 Å². The molecule has 0 unspecified atom stereocenters. The number of nitrogens with zero attached hydrogens (tertiary/aromatic N) is 1. The van der Waals surface area contributed by atoms with E-state index in [9.17, 15) is 14.4 Å². The van der Waals surface area contributed by atoms with E-state index in [1.54, 1.807) is 31.4 Å². The highest BCUT2D eigenvalue weighted by Gasteiger charge is 2.34. The van der Waals surface area contributed by atoms with Gasteiger partial charge in [-0.1, -0.05) is 27.7 Å². The van der Waals surface area contributed by atoms with E-state index in [0.717, 1.165) is 0 Å². The SMILES string of the molecule is COc1ccc(C(=O)N[C@H](C(=O)N[C@H](C)C(C)C)C2CCN(C(=O)CC(C)C)CC2)cc1. The topological polar surface area (TPSA) is 87.7 Å². The molecule has 0 aromatic heterocycles. The highest BCUT2D eigenvalue weighted by atomic mass is 16.5.